The number of nitrogens with one attached hydrogen (secondary N) is 1. The van der Waals surface area contributed by atoms with Crippen molar-refractivity contribution >= 4 is 35.5 Å². The second-order valence-electron chi connectivity index (χ2n) is 9.87. The van der Waals surface area contributed by atoms with Gasteiger partial charge in [0.25, 0.3) is 0 Å². The number of hydrogen-bond acceptors (Lipinski definition) is 8. The zero-order valence-electron chi connectivity index (χ0n) is 19.8. The number of carboxylic acid groups (broad SMARTS) is 1. The van der Waals surface area contributed by atoms with Gasteiger partial charge >= 0.3 is 5.97 Å². The van der Waals surface area contributed by atoms with Crippen LogP contribution in [0.3, 0.4) is 0 Å². The van der Waals surface area contributed by atoms with E-state index in [1.165, 1.54) is 16.7 Å². The van der Waals surface area contributed by atoms with Crippen molar-refractivity contribution in [3.05, 3.63) is 10.6 Å². The maximum atomic E-state index is 12.7. The first-order valence-electron chi connectivity index (χ1n) is 11.9. The first-order chi connectivity index (χ1) is 16.5. The van der Waals surface area contributed by atoms with Crippen molar-refractivity contribution in [2.24, 2.45) is 28.3 Å². The first kappa shape index (κ1) is 25.7. The third kappa shape index (κ3) is 4.86. The van der Waals surface area contributed by atoms with Crippen LogP contribution < -0.4 is 16.8 Å². The second-order valence-corrected chi connectivity index (χ2v) is 11.2. The third-order valence-corrected chi connectivity index (χ3v) is 8.94. The molecule has 0 saturated carbocycles. The summed E-state index contributed by atoms with van der Waals surface area (Å²) in [6.07, 6.45) is -0.525. The lowest BCUT2D eigenvalue weighted by Crippen LogP contribution is -2.63. The summed E-state index contributed by atoms with van der Waals surface area (Å²) >= 11 is 1.41. The Bertz CT molecular complexity index is 953. The number of guanidine groups is 1. The number of nitrogens with zero attached hydrogens (tertiary/aromatic N) is 3. The lowest BCUT2D eigenvalue weighted by atomic mass is 9.79. The molecule has 4 heterocycles. The molecule has 0 spiro atoms. The molecule has 3 saturated heterocycles. The fourth-order valence-electron chi connectivity index (χ4n) is 5.71. The van der Waals surface area contributed by atoms with Gasteiger partial charge in [0.2, 0.25) is 11.8 Å². The van der Waals surface area contributed by atoms with Crippen molar-refractivity contribution in [1.82, 2.24) is 15.1 Å². The van der Waals surface area contributed by atoms with E-state index in [0.29, 0.717) is 37.4 Å². The number of carboxylic acids is 1. The van der Waals surface area contributed by atoms with Crippen LogP contribution in [-0.2, 0) is 14.4 Å². The highest BCUT2D eigenvalue weighted by atomic mass is 32.2. The molecule has 194 valence electrons. The van der Waals surface area contributed by atoms with Gasteiger partial charge in [-0.2, -0.15) is 0 Å². The normalized spacial score (nSPS) is 34.0. The SMILES string of the molecule is CC(O)C1C(=O)N2C(C(=O)O)=C(SC3CNC(C(O)CC(=O)N4CCC(N=C(N)N)C4)C3)C(C)[C@H]12. The molecule has 0 aromatic carbocycles. The van der Waals surface area contributed by atoms with Crippen LogP contribution >= 0.6 is 11.8 Å². The third-order valence-electron chi connectivity index (χ3n) is 7.43. The Morgan fingerprint density at radius 3 is 2.66 bits per heavy atom. The van der Waals surface area contributed by atoms with Gasteiger partial charge in [0.05, 0.1) is 36.6 Å². The Morgan fingerprint density at radius 1 is 1.31 bits per heavy atom. The van der Waals surface area contributed by atoms with E-state index in [1.54, 1.807) is 11.8 Å². The second kappa shape index (κ2) is 9.96. The van der Waals surface area contributed by atoms with Gasteiger partial charge in [-0.15, -0.1) is 11.8 Å². The number of nitrogens with two attached hydrogens (primary N) is 2. The average Bonchev–Trinajstić information content (AvgIpc) is 3.46. The highest BCUT2D eigenvalue weighted by molar-refractivity contribution is 8.03. The topological polar surface area (TPSA) is 195 Å². The van der Waals surface area contributed by atoms with Crippen LogP contribution in [0.4, 0.5) is 0 Å². The molecule has 4 aliphatic rings. The highest BCUT2D eigenvalue weighted by Crippen LogP contribution is 2.51. The van der Waals surface area contributed by atoms with E-state index in [2.05, 4.69) is 10.3 Å². The highest BCUT2D eigenvalue weighted by Gasteiger charge is 2.60. The molecule has 0 aromatic rings. The number of aliphatic imine (C=N–C) groups is 1. The first-order valence-corrected chi connectivity index (χ1v) is 12.8. The molecule has 8 atom stereocenters. The fourth-order valence-corrected chi connectivity index (χ4v) is 7.20. The number of aliphatic hydroxyl groups excluding tert-OH is 2. The van der Waals surface area contributed by atoms with Gasteiger partial charge in [-0.1, -0.05) is 6.92 Å². The number of rotatable bonds is 8. The lowest BCUT2D eigenvalue weighted by molar-refractivity contribution is -0.163. The maximum Gasteiger partial charge on any atom is 0.353 e. The molecule has 0 radical (unpaired) electrons. The Hall–Kier alpha value is -2.35. The molecule has 35 heavy (non-hydrogen) atoms. The van der Waals surface area contributed by atoms with Crippen LogP contribution in [0.15, 0.2) is 15.6 Å². The molecular formula is C22H34N6O6S. The smallest absolute Gasteiger partial charge is 0.353 e. The van der Waals surface area contributed by atoms with Crippen molar-refractivity contribution in [2.45, 2.75) is 68.7 Å². The number of aliphatic hydroxyl groups is 2. The summed E-state index contributed by atoms with van der Waals surface area (Å²) in [6, 6.07) is -0.780. The summed E-state index contributed by atoms with van der Waals surface area (Å²) in [5.41, 5.74) is 10.8. The van der Waals surface area contributed by atoms with E-state index in [-0.39, 0.29) is 59.2 Å². The van der Waals surface area contributed by atoms with E-state index in [1.807, 2.05) is 6.92 Å². The van der Waals surface area contributed by atoms with Gasteiger partial charge in [-0.3, -0.25) is 9.59 Å². The monoisotopic (exact) mass is 510 g/mol. The zero-order valence-corrected chi connectivity index (χ0v) is 20.6. The number of thioether (sulfide) groups is 1. The van der Waals surface area contributed by atoms with Crippen molar-refractivity contribution in [1.29, 1.82) is 0 Å². The van der Waals surface area contributed by atoms with E-state index in [4.69, 9.17) is 11.5 Å². The number of aliphatic carboxylic acids is 1. The minimum Gasteiger partial charge on any atom is -0.477 e. The van der Waals surface area contributed by atoms with Gasteiger partial charge in [-0.05, 0) is 19.8 Å². The summed E-state index contributed by atoms with van der Waals surface area (Å²) in [7, 11) is 0. The van der Waals surface area contributed by atoms with Crippen LogP contribution in [0.5, 0.6) is 0 Å². The van der Waals surface area contributed by atoms with Crippen LogP contribution in [0, 0.1) is 11.8 Å². The molecule has 7 unspecified atom stereocenters. The van der Waals surface area contributed by atoms with E-state index < -0.39 is 24.1 Å². The summed E-state index contributed by atoms with van der Waals surface area (Å²) in [6.45, 7) is 4.94. The molecule has 0 bridgehead atoms. The number of amides is 2. The minimum absolute atomic E-state index is 0.00191. The summed E-state index contributed by atoms with van der Waals surface area (Å²) < 4.78 is 0. The molecule has 4 rings (SSSR count). The number of hydrogen-bond donors (Lipinski definition) is 6. The number of carbonyl (C=O) groups is 3. The van der Waals surface area contributed by atoms with Crippen molar-refractivity contribution in [3.63, 3.8) is 0 Å². The van der Waals surface area contributed by atoms with Crippen molar-refractivity contribution in [3.8, 4) is 0 Å². The summed E-state index contributed by atoms with van der Waals surface area (Å²) in [5, 5.41) is 33.7. The number of likely N-dealkylation sites (tertiary alicyclic amines) is 1. The Labute approximate surface area is 207 Å². The van der Waals surface area contributed by atoms with Crippen LogP contribution in [0.25, 0.3) is 0 Å². The molecular weight excluding hydrogens is 476 g/mol. The van der Waals surface area contributed by atoms with E-state index in [9.17, 15) is 29.7 Å². The largest absolute Gasteiger partial charge is 0.477 e. The molecule has 4 aliphatic heterocycles. The summed E-state index contributed by atoms with van der Waals surface area (Å²) in [5.74, 6) is -2.48. The van der Waals surface area contributed by atoms with Gasteiger partial charge in [-0.25, -0.2) is 9.79 Å². The Kier molecular flexibility index (Phi) is 7.32. The van der Waals surface area contributed by atoms with Crippen LogP contribution in [-0.4, -0.2) is 104 Å². The predicted octanol–water partition coefficient (Wildman–Crippen LogP) is -1.77. The molecule has 8 N–H and O–H groups in total. The maximum absolute atomic E-state index is 12.7. The molecule has 12 nitrogen and oxygen atoms in total. The average molecular weight is 511 g/mol. The van der Waals surface area contributed by atoms with Crippen LogP contribution in [0.1, 0.15) is 33.1 Å². The Balaban J connectivity index is 1.34. The van der Waals surface area contributed by atoms with Gasteiger partial charge < -0.3 is 41.9 Å². The molecule has 2 amide bonds. The molecule has 3 fully saturated rings. The Morgan fingerprint density at radius 2 is 2.03 bits per heavy atom. The summed E-state index contributed by atoms with van der Waals surface area (Å²) in [4.78, 5) is 44.9. The number of fused-ring (bicyclic) bond motifs is 1. The molecule has 0 aliphatic carbocycles. The lowest BCUT2D eigenvalue weighted by Gasteiger charge is -2.46. The van der Waals surface area contributed by atoms with E-state index in [0.717, 1.165) is 0 Å². The van der Waals surface area contributed by atoms with Gasteiger partial charge in [0, 0.05) is 41.7 Å². The fraction of sp³-hybridized carbons (Fsp3) is 0.727. The van der Waals surface area contributed by atoms with Crippen LogP contribution in [0.2, 0.25) is 0 Å². The van der Waals surface area contributed by atoms with Crippen molar-refractivity contribution < 1.29 is 29.7 Å². The minimum atomic E-state index is -1.16. The number of β-lactam (4-membered cyclic amide) rings is 1. The van der Waals surface area contributed by atoms with Gasteiger partial charge in [0.1, 0.15) is 5.70 Å². The quantitative estimate of drug-likeness (QED) is 0.124. The zero-order chi connectivity index (χ0) is 25.6. The van der Waals surface area contributed by atoms with Crippen molar-refractivity contribution in [2.75, 3.05) is 19.6 Å². The molecule has 0 aromatic heterocycles. The van der Waals surface area contributed by atoms with E-state index >= 15 is 0 Å². The molecule has 13 heteroatoms. The number of carbonyl (C=O) groups excluding carboxylic acids is 2. The predicted molar refractivity (Wildman–Crippen MR) is 129 cm³/mol. The standard InChI is InChI=1S/C22H34N6O6S/c1-9-17-16(10(2)29)20(32)28(17)18(21(33)34)19(9)35-12-5-13(25-7-12)14(30)6-15(31)27-4-3-11(8-27)26-22(23)24/h9-14,16-17,25,29-30H,3-8H2,1-2H3,(H,33,34)(H4,23,24,26)/t9?,10?,11?,12?,13?,14?,16?,17-/m1/s1. The van der Waals surface area contributed by atoms with Gasteiger partial charge in [0.15, 0.2) is 5.96 Å².